The molecule has 0 aliphatic rings. The van der Waals surface area contributed by atoms with Crippen molar-refractivity contribution >= 4 is 27.5 Å². The lowest BCUT2D eigenvalue weighted by Gasteiger charge is -2.18. The molecule has 3 heteroatoms. The Balaban J connectivity index is 2.87. The number of nitrogens with one attached hydrogen (secondary N) is 1. The summed E-state index contributed by atoms with van der Waals surface area (Å²) in [4.78, 5) is 11.7. The number of carbonyl (C=O) groups excluding carboxylic acids is 1. The molecule has 1 aromatic rings. The number of amides is 1. The van der Waals surface area contributed by atoms with Crippen LogP contribution in [0, 0.1) is 12.3 Å². The average molecular weight is 270 g/mol. The fraction of sp³-hybridized carbons (Fsp3) is 0.417. The molecule has 0 unspecified atom stereocenters. The van der Waals surface area contributed by atoms with Gasteiger partial charge in [0.25, 0.3) is 0 Å². The van der Waals surface area contributed by atoms with Gasteiger partial charge in [-0.05, 0) is 40.5 Å². The SMILES string of the molecule is Cc1ccc(NC(=O)C(C)(C)C)c(Br)c1. The number of hydrogen-bond acceptors (Lipinski definition) is 1. The largest absolute Gasteiger partial charge is 0.325 e. The van der Waals surface area contributed by atoms with Gasteiger partial charge >= 0.3 is 0 Å². The highest BCUT2D eigenvalue weighted by molar-refractivity contribution is 9.10. The van der Waals surface area contributed by atoms with Crippen molar-refractivity contribution < 1.29 is 4.79 Å². The molecule has 0 spiro atoms. The average Bonchev–Trinajstić information content (AvgIpc) is 2.08. The van der Waals surface area contributed by atoms with Crippen LogP contribution in [0.5, 0.6) is 0 Å². The zero-order chi connectivity index (χ0) is 11.6. The first-order chi connectivity index (χ1) is 6.80. The van der Waals surface area contributed by atoms with Crippen LogP contribution in [0.4, 0.5) is 5.69 Å². The molecule has 2 nitrogen and oxygen atoms in total. The normalized spacial score (nSPS) is 11.3. The Labute approximate surface area is 99.2 Å². The van der Waals surface area contributed by atoms with Crippen LogP contribution in [0.3, 0.4) is 0 Å². The van der Waals surface area contributed by atoms with Gasteiger partial charge in [-0.1, -0.05) is 26.8 Å². The van der Waals surface area contributed by atoms with Crippen molar-refractivity contribution in [2.75, 3.05) is 5.32 Å². The Kier molecular flexibility index (Phi) is 3.55. The van der Waals surface area contributed by atoms with E-state index < -0.39 is 0 Å². The van der Waals surface area contributed by atoms with Gasteiger partial charge in [0, 0.05) is 9.89 Å². The first kappa shape index (κ1) is 12.2. The molecule has 0 saturated carbocycles. The highest BCUT2D eigenvalue weighted by atomic mass is 79.9. The van der Waals surface area contributed by atoms with Crippen LogP contribution < -0.4 is 5.32 Å². The summed E-state index contributed by atoms with van der Waals surface area (Å²) in [7, 11) is 0. The van der Waals surface area contributed by atoms with E-state index in [1.54, 1.807) is 0 Å². The topological polar surface area (TPSA) is 29.1 Å². The summed E-state index contributed by atoms with van der Waals surface area (Å²) in [5.74, 6) is 0.0204. The maximum absolute atomic E-state index is 11.7. The molecule has 0 aliphatic carbocycles. The highest BCUT2D eigenvalue weighted by Gasteiger charge is 2.21. The molecule has 82 valence electrons. The standard InChI is InChI=1S/C12H16BrNO/c1-8-5-6-10(9(13)7-8)14-11(15)12(2,3)4/h5-7H,1-4H3,(H,14,15). The molecule has 1 rings (SSSR count). The van der Waals surface area contributed by atoms with Crippen LogP contribution in [-0.4, -0.2) is 5.91 Å². The molecule has 0 heterocycles. The minimum atomic E-state index is -0.371. The van der Waals surface area contributed by atoms with Crippen LogP contribution >= 0.6 is 15.9 Å². The van der Waals surface area contributed by atoms with E-state index in [9.17, 15) is 4.79 Å². The minimum absolute atomic E-state index is 0.0204. The molecule has 1 aromatic carbocycles. The lowest BCUT2D eigenvalue weighted by Crippen LogP contribution is -2.27. The van der Waals surface area contributed by atoms with Crippen LogP contribution in [0.2, 0.25) is 0 Å². The molecule has 1 N–H and O–H groups in total. The smallest absolute Gasteiger partial charge is 0.229 e. The first-order valence-electron chi connectivity index (χ1n) is 4.88. The van der Waals surface area contributed by atoms with E-state index in [-0.39, 0.29) is 11.3 Å². The summed E-state index contributed by atoms with van der Waals surface area (Å²) in [6.07, 6.45) is 0. The summed E-state index contributed by atoms with van der Waals surface area (Å²) in [6, 6.07) is 5.87. The molecular formula is C12H16BrNO. The third kappa shape index (κ3) is 3.34. The number of anilines is 1. The maximum Gasteiger partial charge on any atom is 0.229 e. The number of aryl methyl sites for hydroxylation is 1. The van der Waals surface area contributed by atoms with Crippen molar-refractivity contribution in [3.63, 3.8) is 0 Å². The Morgan fingerprint density at radius 2 is 1.93 bits per heavy atom. The van der Waals surface area contributed by atoms with Gasteiger partial charge in [0.15, 0.2) is 0 Å². The van der Waals surface area contributed by atoms with Crippen LogP contribution in [0.25, 0.3) is 0 Å². The van der Waals surface area contributed by atoms with Crippen molar-refractivity contribution in [2.45, 2.75) is 27.7 Å². The van der Waals surface area contributed by atoms with Gasteiger partial charge < -0.3 is 5.32 Å². The summed E-state index contributed by atoms with van der Waals surface area (Å²) in [6.45, 7) is 7.69. The van der Waals surface area contributed by atoms with E-state index in [4.69, 9.17) is 0 Å². The summed E-state index contributed by atoms with van der Waals surface area (Å²) in [5.41, 5.74) is 1.61. The molecule has 0 atom stereocenters. The molecule has 0 saturated heterocycles. The second-order valence-electron chi connectivity index (χ2n) is 4.69. The predicted molar refractivity (Wildman–Crippen MR) is 67.0 cm³/mol. The van der Waals surface area contributed by atoms with Gasteiger partial charge in [-0.25, -0.2) is 0 Å². The molecule has 0 aliphatic heterocycles. The third-order valence-electron chi connectivity index (χ3n) is 2.05. The molecule has 0 radical (unpaired) electrons. The quantitative estimate of drug-likeness (QED) is 0.827. The van der Waals surface area contributed by atoms with E-state index in [1.165, 1.54) is 0 Å². The maximum atomic E-state index is 11.7. The lowest BCUT2D eigenvalue weighted by molar-refractivity contribution is -0.123. The van der Waals surface area contributed by atoms with Gasteiger partial charge in [-0.15, -0.1) is 0 Å². The summed E-state index contributed by atoms with van der Waals surface area (Å²) >= 11 is 3.43. The van der Waals surface area contributed by atoms with Gasteiger partial charge in [-0.2, -0.15) is 0 Å². The van der Waals surface area contributed by atoms with E-state index in [0.29, 0.717) is 0 Å². The van der Waals surface area contributed by atoms with Gasteiger partial charge in [0.2, 0.25) is 5.91 Å². The van der Waals surface area contributed by atoms with Crippen molar-refractivity contribution in [3.05, 3.63) is 28.2 Å². The molecule has 0 aromatic heterocycles. The predicted octanol–water partition coefficient (Wildman–Crippen LogP) is 3.74. The Morgan fingerprint density at radius 1 is 1.33 bits per heavy atom. The first-order valence-corrected chi connectivity index (χ1v) is 5.67. The molecular weight excluding hydrogens is 254 g/mol. The van der Waals surface area contributed by atoms with Crippen LogP contribution in [0.1, 0.15) is 26.3 Å². The monoisotopic (exact) mass is 269 g/mol. The second kappa shape index (κ2) is 4.35. The van der Waals surface area contributed by atoms with E-state index in [0.717, 1.165) is 15.7 Å². The highest BCUT2D eigenvalue weighted by Crippen LogP contribution is 2.25. The van der Waals surface area contributed by atoms with Crippen molar-refractivity contribution in [1.82, 2.24) is 0 Å². The molecule has 0 fully saturated rings. The van der Waals surface area contributed by atoms with Crippen molar-refractivity contribution in [3.8, 4) is 0 Å². The fourth-order valence-electron chi connectivity index (χ4n) is 1.03. The number of rotatable bonds is 1. The molecule has 0 bridgehead atoms. The lowest BCUT2D eigenvalue weighted by atomic mass is 9.95. The Hall–Kier alpha value is -0.830. The van der Waals surface area contributed by atoms with Crippen molar-refractivity contribution in [2.24, 2.45) is 5.41 Å². The van der Waals surface area contributed by atoms with Crippen LogP contribution in [-0.2, 0) is 4.79 Å². The zero-order valence-electron chi connectivity index (χ0n) is 9.52. The fourth-order valence-corrected chi connectivity index (χ4v) is 1.62. The van der Waals surface area contributed by atoms with E-state index in [2.05, 4.69) is 21.2 Å². The number of hydrogen-bond donors (Lipinski definition) is 1. The van der Waals surface area contributed by atoms with Gasteiger partial charge in [0.1, 0.15) is 0 Å². The molecule has 1 amide bonds. The number of halogens is 1. The molecule has 15 heavy (non-hydrogen) atoms. The van der Waals surface area contributed by atoms with Crippen molar-refractivity contribution in [1.29, 1.82) is 0 Å². The minimum Gasteiger partial charge on any atom is -0.325 e. The number of carbonyl (C=O) groups is 1. The van der Waals surface area contributed by atoms with E-state index >= 15 is 0 Å². The Morgan fingerprint density at radius 3 is 2.40 bits per heavy atom. The zero-order valence-corrected chi connectivity index (χ0v) is 11.1. The number of benzene rings is 1. The summed E-state index contributed by atoms with van der Waals surface area (Å²) < 4.78 is 0.917. The third-order valence-corrected chi connectivity index (χ3v) is 2.71. The van der Waals surface area contributed by atoms with E-state index in [1.807, 2.05) is 45.9 Å². The summed E-state index contributed by atoms with van der Waals surface area (Å²) in [5, 5.41) is 2.89. The van der Waals surface area contributed by atoms with Gasteiger partial charge in [-0.3, -0.25) is 4.79 Å². The van der Waals surface area contributed by atoms with Gasteiger partial charge in [0.05, 0.1) is 5.69 Å². The second-order valence-corrected chi connectivity index (χ2v) is 5.54. The Bertz CT molecular complexity index is 380. The van der Waals surface area contributed by atoms with Crippen LogP contribution in [0.15, 0.2) is 22.7 Å².